The van der Waals surface area contributed by atoms with E-state index in [1.165, 1.54) is 16.8 Å². The predicted octanol–water partition coefficient (Wildman–Crippen LogP) is 0.876. The van der Waals surface area contributed by atoms with Gasteiger partial charge in [-0.2, -0.15) is 4.31 Å². The lowest BCUT2D eigenvalue weighted by atomic mass is 9.99. The zero-order chi connectivity index (χ0) is 15.8. The molecule has 2 atom stereocenters. The molecule has 1 aromatic heterocycles. The molecule has 1 aromatic rings. The van der Waals surface area contributed by atoms with Gasteiger partial charge < -0.3 is 9.84 Å². The van der Waals surface area contributed by atoms with Crippen LogP contribution in [0.2, 0.25) is 0 Å². The standard InChI is InChI=1S/C12H15NO6S2/c1-7-4-13(5-9(7)12(16)19-2)21(17,18)10-3-8(6-20-10)11(14)15/h3,6-7,9H,4-5H2,1-2H3,(H,14,15). The number of esters is 1. The number of carbonyl (C=O) groups is 2. The van der Waals surface area contributed by atoms with Gasteiger partial charge in [0, 0.05) is 18.5 Å². The second kappa shape index (κ2) is 5.74. The van der Waals surface area contributed by atoms with Gasteiger partial charge in [-0.25, -0.2) is 13.2 Å². The van der Waals surface area contributed by atoms with E-state index in [-0.39, 0.29) is 28.8 Å². The molecule has 2 unspecified atom stereocenters. The minimum absolute atomic E-state index is 0.0300. The predicted molar refractivity (Wildman–Crippen MR) is 74.7 cm³/mol. The summed E-state index contributed by atoms with van der Waals surface area (Å²) in [5.41, 5.74) is -0.0599. The normalized spacial score (nSPS) is 23.1. The summed E-state index contributed by atoms with van der Waals surface area (Å²) in [7, 11) is -2.51. The second-order valence-electron chi connectivity index (χ2n) is 4.89. The molecule has 116 valence electrons. The molecule has 0 radical (unpaired) electrons. The molecule has 9 heteroatoms. The van der Waals surface area contributed by atoms with Crippen LogP contribution in [0.15, 0.2) is 15.7 Å². The number of rotatable bonds is 4. The van der Waals surface area contributed by atoms with Crippen LogP contribution in [0.4, 0.5) is 0 Å². The number of sulfonamides is 1. The van der Waals surface area contributed by atoms with E-state index in [1.807, 2.05) is 0 Å². The molecule has 2 rings (SSSR count). The summed E-state index contributed by atoms with van der Waals surface area (Å²) < 4.78 is 30.8. The largest absolute Gasteiger partial charge is 0.478 e. The van der Waals surface area contributed by atoms with Crippen molar-refractivity contribution in [3.63, 3.8) is 0 Å². The first-order valence-electron chi connectivity index (χ1n) is 6.17. The summed E-state index contributed by atoms with van der Waals surface area (Å²) in [6.07, 6.45) is 0. The number of hydrogen-bond donors (Lipinski definition) is 1. The summed E-state index contributed by atoms with van der Waals surface area (Å²) in [6, 6.07) is 1.14. The third-order valence-corrected chi connectivity index (χ3v) is 6.75. The Bertz CT molecular complexity index is 665. The highest BCUT2D eigenvalue weighted by atomic mass is 32.2. The van der Waals surface area contributed by atoms with E-state index in [9.17, 15) is 18.0 Å². The van der Waals surface area contributed by atoms with Crippen LogP contribution in [-0.2, 0) is 19.6 Å². The Morgan fingerprint density at radius 1 is 1.43 bits per heavy atom. The van der Waals surface area contributed by atoms with Gasteiger partial charge in [0.05, 0.1) is 18.6 Å². The molecule has 1 aliphatic rings. The molecule has 1 fully saturated rings. The van der Waals surface area contributed by atoms with E-state index in [0.717, 1.165) is 17.4 Å². The molecule has 0 amide bonds. The number of methoxy groups -OCH3 is 1. The fourth-order valence-corrected chi connectivity index (χ4v) is 5.14. The van der Waals surface area contributed by atoms with Crippen molar-refractivity contribution < 1.29 is 27.9 Å². The zero-order valence-corrected chi connectivity index (χ0v) is 13.1. The van der Waals surface area contributed by atoms with Gasteiger partial charge in [0.2, 0.25) is 0 Å². The molecule has 1 N–H and O–H groups in total. The Morgan fingerprint density at radius 3 is 2.62 bits per heavy atom. The molecular formula is C12H15NO6S2. The van der Waals surface area contributed by atoms with E-state index in [1.54, 1.807) is 6.92 Å². The lowest BCUT2D eigenvalue weighted by Gasteiger charge is -2.14. The second-order valence-corrected chi connectivity index (χ2v) is 7.96. The number of carboxylic acid groups (broad SMARTS) is 1. The fraction of sp³-hybridized carbons (Fsp3) is 0.500. The number of carboxylic acids is 1. The molecule has 1 saturated heterocycles. The van der Waals surface area contributed by atoms with Crippen LogP contribution in [0.3, 0.4) is 0 Å². The molecule has 1 aliphatic heterocycles. The monoisotopic (exact) mass is 333 g/mol. The minimum atomic E-state index is -3.78. The highest BCUT2D eigenvalue weighted by Gasteiger charge is 2.41. The highest BCUT2D eigenvalue weighted by molar-refractivity contribution is 7.91. The van der Waals surface area contributed by atoms with Crippen LogP contribution in [0.5, 0.6) is 0 Å². The third kappa shape index (κ3) is 2.94. The molecule has 0 bridgehead atoms. The molecule has 0 spiro atoms. The van der Waals surface area contributed by atoms with Crippen LogP contribution >= 0.6 is 11.3 Å². The van der Waals surface area contributed by atoms with Crippen molar-refractivity contribution >= 4 is 33.3 Å². The van der Waals surface area contributed by atoms with Gasteiger partial charge in [0.25, 0.3) is 10.0 Å². The summed E-state index contributed by atoms with van der Waals surface area (Å²) in [6.45, 7) is 2.05. The van der Waals surface area contributed by atoms with Gasteiger partial charge in [-0.05, 0) is 12.0 Å². The van der Waals surface area contributed by atoms with Crippen molar-refractivity contribution in [1.82, 2.24) is 4.31 Å². The molecule has 0 saturated carbocycles. The minimum Gasteiger partial charge on any atom is -0.478 e. The molecular weight excluding hydrogens is 318 g/mol. The van der Waals surface area contributed by atoms with Crippen molar-refractivity contribution in [2.45, 2.75) is 11.1 Å². The van der Waals surface area contributed by atoms with Crippen LogP contribution in [0.25, 0.3) is 0 Å². The Kier molecular flexibility index (Phi) is 4.35. The maximum absolute atomic E-state index is 12.5. The van der Waals surface area contributed by atoms with E-state index >= 15 is 0 Å². The fourth-order valence-electron chi connectivity index (χ4n) is 2.27. The number of aromatic carboxylic acids is 1. The number of ether oxygens (including phenoxy) is 1. The lowest BCUT2D eigenvalue weighted by Crippen LogP contribution is -2.29. The average Bonchev–Trinajstić information content (AvgIpc) is 3.04. The van der Waals surface area contributed by atoms with Gasteiger partial charge in [-0.15, -0.1) is 11.3 Å². The Balaban J connectivity index is 2.24. The van der Waals surface area contributed by atoms with Crippen molar-refractivity contribution in [3.05, 3.63) is 17.0 Å². The quantitative estimate of drug-likeness (QED) is 0.821. The van der Waals surface area contributed by atoms with Crippen LogP contribution < -0.4 is 0 Å². The van der Waals surface area contributed by atoms with E-state index in [0.29, 0.717) is 0 Å². The summed E-state index contributed by atoms with van der Waals surface area (Å²) in [5, 5.41) is 10.1. The van der Waals surface area contributed by atoms with Crippen molar-refractivity contribution in [3.8, 4) is 0 Å². The first-order valence-corrected chi connectivity index (χ1v) is 8.49. The molecule has 7 nitrogen and oxygen atoms in total. The van der Waals surface area contributed by atoms with Gasteiger partial charge >= 0.3 is 11.9 Å². The number of carbonyl (C=O) groups excluding carboxylic acids is 1. The maximum Gasteiger partial charge on any atom is 0.336 e. The summed E-state index contributed by atoms with van der Waals surface area (Å²) >= 11 is 0.862. The summed E-state index contributed by atoms with van der Waals surface area (Å²) in [5.74, 6) is -2.25. The smallest absolute Gasteiger partial charge is 0.336 e. The Labute approximate surface area is 126 Å². The zero-order valence-electron chi connectivity index (χ0n) is 11.5. The van der Waals surface area contributed by atoms with E-state index in [2.05, 4.69) is 4.74 Å². The first kappa shape index (κ1) is 15.9. The number of hydrogen-bond acceptors (Lipinski definition) is 6. The third-order valence-electron chi connectivity index (χ3n) is 3.50. The van der Waals surface area contributed by atoms with Crippen molar-refractivity contribution in [2.24, 2.45) is 11.8 Å². The van der Waals surface area contributed by atoms with Crippen molar-refractivity contribution in [2.75, 3.05) is 20.2 Å². The highest BCUT2D eigenvalue weighted by Crippen LogP contribution is 2.31. The summed E-state index contributed by atoms with van der Waals surface area (Å²) in [4.78, 5) is 22.4. The number of nitrogens with zero attached hydrogens (tertiary/aromatic N) is 1. The van der Waals surface area contributed by atoms with Gasteiger partial charge in [-0.1, -0.05) is 6.92 Å². The average molecular weight is 333 g/mol. The van der Waals surface area contributed by atoms with Crippen LogP contribution in [0.1, 0.15) is 17.3 Å². The SMILES string of the molecule is COC(=O)C1CN(S(=O)(=O)c2cc(C(=O)O)cs2)CC1C. The molecule has 2 heterocycles. The van der Waals surface area contributed by atoms with Crippen LogP contribution in [-0.4, -0.2) is 50.0 Å². The van der Waals surface area contributed by atoms with Gasteiger partial charge in [0.15, 0.2) is 0 Å². The molecule has 0 aromatic carbocycles. The number of thiophene rings is 1. The van der Waals surface area contributed by atoms with Gasteiger partial charge in [0.1, 0.15) is 4.21 Å². The van der Waals surface area contributed by atoms with Gasteiger partial charge in [-0.3, -0.25) is 4.79 Å². The maximum atomic E-state index is 12.5. The van der Waals surface area contributed by atoms with Crippen molar-refractivity contribution in [1.29, 1.82) is 0 Å². The van der Waals surface area contributed by atoms with E-state index in [4.69, 9.17) is 5.11 Å². The first-order chi connectivity index (χ1) is 9.77. The Morgan fingerprint density at radius 2 is 2.10 bits per heavy atom. The molecule has 0 aliphatic carbocycles. The molecule has 21 heavy (non-hydrogen) atoms. The van der Waals surface area contributed by atoms with E-state index < -0.39 is 27.9 Å². The Hall–Kier alpha value is -1.45. The topological polar surface area (TPSA) is 101 Å². The lowest BCUT2D eigenvalue weighted by molar-refractivity contribution is -0.145. The van der Waals surface area contributed by atoms with Crippen LogP contribution in [0, 0.1) is 11.8 Å².